The molecule has 0 radical (unpaired) electrons. The molecular weight excluding hydrogens is 158 g/mol. The van der Waals surface area contributed by atoms with Gasteiger partial charge in [-0.2, -0.15) is 0 Å². The second-order valence-corrected chi connectivity index (χ2v) is 2.25. The average molecular weight is 165 g/mol. The molecule has 0 spiro atoms. The Morgan fingerprint density at radius 2 is 2.17 bits per heavy atom. The van der Waals surface area contributed by atoms with Gasteiger partial charge in [-0.05, 0) is 12.2 Å². The number of ketones is 1. The summed E-state index contributed by atoms with van der Waals surface area (Å²) in [6, 6.07) is 0. The van der Waals surface area contributed by atoms with E-state index in [-0.39, 0.29) is 17.3 Å². The highest BCUT2D eigenvalue weighted by Gasteiger charge is 2.12. The third-order valence-electron chi connectivity index (χ3n) is 1.21. The molecule has 0 fully saturated rings. The van der Waals surface area contributed by atoms with Gasteiger partial charge < -0.3 is 4.74 Å². The molecule has 0 aromatic rings. The minimum atomic E-state index is -0.533. The summed E-state index contributed by atoms with van der Waals surface area (Å²) in [6.45, 7) is 1.22. The van der Waals surface area contributed by atoms with E-state index in [1.807, 2.05) is 0 Å². The number of esters is 1. The number of allylic oxidation sites excluding steroid dienone is 3. The molecule has 4 heteroatoms. The van der Waals surface area contributed by atoms with Gasteiger partial charge in [0.2, 0.25) is 0 Å². The number of ether oxygens (including phenoxy) is 1. The number of carbonyl (C=O) groups is 2. The molecule has 0 aromatic carbocycles. The number of nitrogens with one attached hydrogen (secondary N) is 1. The van der Waals surface area contributed by atoms with Gasteiger partial charge in [-0.1, -0.05) is 0 Å². The lowest BCUT2D eigenvalue weighted by atomic mass is 10.1. The van der Waals surface area contributed by atoms with Crippen LogP contribution >= 0.6 is 0 Å². The standard InChI is InChI=1S/C8H7NO3/c1-5(10)12-8-4-6(11)2-3-7(8)9/h2-4,9H,1H3. The van der Waals surface area contributed by atoms with Gasteiger partial charge in [0.05, 0.1) is 5.71 Å². The summed E-state index contributed by atoms with van der Waals surface area (Å²) in [4.78, 5) is 21.2. The molecule has 12 heavy (non-hydrogen) atoms. The molecule has 1 aliphatic rings. The first kappa shape index (κ1) is 8.39. The van der Waals surface area contributed by atoms with Crippen LogP contribution in [-0.4, -0.2) is 17.5 Å². The van der Waals surface area contributed by atoms with Crippen molar-refractivity contribution in [2.45, 2.75) is 6.92 Å². The highest BCUT2D eigenvalue weighted by molar-refractivity contribution is 6.18. The first-order valence-electron chi connectivity index (χ1n) is 3.30. The molecule has 0 saturated heterocycles. The topological polar surface area (TPSA) is 67.2 Å². The Kier molecular flexibility index (Phi) is 2.19. The Labute approximate surface area is 69.0 Å². The highest BCUT2D eigenvalue weighted by Crippen LogP contribution is 2.06. The zero-order chi connectivity index (χ0) is 9.14. The van der Waals surface area contributed by atoms with Gasteiger partial charge >= 0.3 is 5.97 Å². The molecule has 0 saturated carbocycles. The monoisotopic (exact) mass is 165 g/mol. The summed E-state index contributed by atoms with van der Waals surface area (Å²) in [5, 5.41) is 7.24. The maximum absolute atomic E-state index is 10.7. The van der Waals surface area contributed by atoms with Crippen LogP contribution in [0.5, 0.6) is 0 Å². The van der Waals surface area contributed by atoms with Crippen LogP contribution < -0.4 is 0 Å². The molecule has 0 unspecified atom stereocenters. The van der Waals surface area contributed by atoms with Crippen LogP contribution in [0, 0.1) is 5.41 Å². The van der Waals surface area contributed by atoms with E-state index in [1.54, 1.807) is 0 Å². The third-order valence-corrected chi connectivity index (χ3v) is 1.21. The number of carbonyl (C=O) groups excluding carboxylic acids is 2. The van der Waals surface area contributed by atoms with Crippen molar-refractivity contribution in [3.8, 4) is 0 Å². The minimum Gasteiger partial charge on any atom is -0.424 e. The molecule has 0 heterocycles. The second-order valence-electron chi connectivity index (χ2n) is 2.25. The first-order chi connectivity index (χ1) is 5.59. The fourth-order valence-corrected chi connectivity index (χ4v) is 0.742. The molecule has 0 atom stereocenters. The fraction of sp³-hybridized carbons (Fsp3) is 0.125. The van der Waals surface area contributed by atoms with Crippen LogP contribution in [0.3, 0.4) is 0 Å². The van der Waals surface area contributed by atoms with E-state index >= 15 is 0 Å². The molecule has 62 valence electrons. The highest BCUT2D eigenvalue weighted by atomic mass is 16.5. The fourth-order valence-electron chi connectivity index (χ4n) is 0.742. The lowest BCUT2D eigenvalue weighted by Gasteiger charge is -2.06. The van der Waals surface area contributed by atoms with Crippen LogP contribution in [0.25, 0.3) is 0 Å². The molecule has 1 N–H and O–H groups in total. The molecule has 4 nitrogen and oxygen atoms in total. The smallest absolute Gasteiger partial charge is 0.308 e. The summed E-state index contributed by atoms with van der Waals surface area (Å²) in [5.74, 6) is -0.800. The van der Waals surface area contributed by atoms with Gasteiger partial charge in [0.25, 0.3) is 0 Å². The quantitative estimate of drug-likeness (QED) is 0.456. The van der Waals surface area contributed by atoms with Crippen molar-refractivity contribution in [2.75, 3.05) is 0 Å². The van der Waals surface area contributed by atoms with E-state index in [4.69, 9.17) is 5.41 Å². The molecule has 0 aromatic heterocycles. The maximum Gasteiger partial charge on any atom is 0.308 e. The van der Waals surface area contributed by atoms with E-state index in [9.17, 15) is 9.59 Å². The Hall–Kier alpha value is -1.71. The summed E-state index contributed by atoms with van der Waals surface area (Å²) in [5.41, 5.74) is 0.0322. The SMILES string of the molecule is CC(=O)OC1=CC(=O)C=CC1=N. The van der Waals surface area contributed by atoms with Crippen LogP contribution in [0.4, 0.5) is 0 Å². The largest absolute Gasteiger partial charge is 0.424 e. The molecule has 0 bridgehead atoms. The lowest BCUT2D eigenvalue weighted by molar-refractivity contribution is -0.136. The van der Waals surface area contributed by atoms with Crippen LogP contribution in [0.15, 0.2) is 24.0 Å². The Bertz CT molecular complexity index is 312. The number of hydrogen-bond donors (Lipinski definition) is 1. The van der Waals surface area contributed by atoms with E-state index in [1.165, 1.54) is 19.1 Å². The molecule has 0 aliphatic heterocycles. The van der Waals surface area contributed by atoms with E-state index in [0.717, 1.165) is 6.08 Å². The van der Waals surface area contributed by atoms with E-state index in [0.29, 0.717) is 0 Å². The maximum atomic E-state index is 10.7. The van der Waals surface area contributed by atoms with Crippen LogP contribution in [0.1, 0.15) is 6.92 Å². The van der Waals surface area contributed by atoms with Gasteiger partial charge in [-0.25, -0.2) is 0 Å². The summed E-state index contributed by atoms with van der Waals surface area (Å²) >= 11 is 0. The Morgan fingerprint density at radius 1 is 1.50 bits per heavy atom. The molecule has 0 amide bonds. The van der Waals surface area contributed by atoms with Gasteiger partial charge in [-0.3, -0.25) is 15.0 Å². The van der Waals surface area contributed by atoms with Gasteiger partial charge in [0.15, 0.2) is 11.5 Å². The van der Waals surface area contributed by atoms with Crippen molar-refractivity contribution in [1.82, 2.24) is 0 Å². The minimum absolute atomic E-state index is 0.00926. The number of hydrogen-bond acceptors (Lipinski definition) is 4. The third kappa shape index (κ3) is 1.88. The Morgan fingerprint density at radius 3 is 2.75 bits per heavy atom. The predicted octanol–water partition coefficient (Wildman–Crippen LogP) is 0.592. The summed E-state index contributed by atoms with van der Waals surface area (Å²) in [7, 11) is 0. The van der Waals surface area contributed by atoms with E-state index < -0.39 is 5.97 Å². The van der Waals surface area contributed by atoms with Gasteiger partial charge in [-0.15, -0.1) is 0 Å². The van der Waals surface area contributed by atoms with Gasteiger partial charge in [0.1, 0.15) is 0 Å². The first-order valence-corrected chi connectivity index (χ1v) is 3.30. The molecule has 1 rings (SSSR count). The lowest BCUT2D eigenvalue weighted by Crippen LogP contribution is -2.12. The summed E-state index contributed by atoms with van der Waals surface area (Å²) < 4.78 is 4.60. The zero-order valence-corrected chi connectivity index (χ0v) is 6.46. The van der Waals surface area contributed by atoms with Crippen LogP contribution in [0.2, 0.25) is 0 Å². The van der Waals surface area contributed by atoms with Crippen molar-refractivity contribution in [1.29, 1.82) is 5.41 Å². The van der Waals surface area contributed by atoms with Crippen molar-refractivity contribution in [3.05, 3.63) is 24.0 Å². The summed E-state index contributed by atoms with van der Waals surface area (Å²) in [6.07, 6.45) is 3.65. The number of rotatable bonds is 1. The van der Waals surface area contributed by atoms with Crippen LogP contribution in [-0.2, 0) is 14.3 Å². The van der Waals surface area contributed by atoms with Crippen molar-refractivity contribution < 1.29 is 14.3 Å². The van der Waals surface area contributed by atoms with Crippen molar-refractivity contribution in [2.24, 2.45) is 0 Å². The molecular formula is C8H7NO3. The predicted molar refractivity (Wildman–Crippen MR) is 41.7 cm³/mol. The normalized spacial score (nSPS) is 15.9. The molecule has 1 aliphatic carbocycles. The van der Waals surface area contributed by atoms with E-state index in [2.05, 4.69) is 4.74 Å². The second kappa shape index (κ2) is 3.13. The van der Waals surface area contributed by atoms with Crippen molar-refractivity contribution >= 4 is 17.5 Å². The average Bonchev–Trinajstić information content (AvgIpc) is 1.96. The van der Waals surface area contributed by atoms with Gasteiger partial charge in [0, 0.05) is 13.0 Å². The zero-order valence-electron chi connectivity index (χ0n) is 6.46. The van der Waals surface area contributed by atoms with Crippen molar-refractivity contribution in [3.63, 3.8) is 0 Å². The Balaban J connectivity index is 2.81.